The lowest BCUT2D eigenvalue weighted by Gasteiger charge is -2.49. The summed E-state index contributed by atoms with van der Waals surface area (Å²) in [6.45, 7) is 3.52. The standard InChI is InChI=1S/C18H24O3.C14H14O/c1-18-7-6-13-12-5-3-11(19)8-10(12)2-4-14(13)15(18)9-16(20)17(18)21;1-3-7-13(8-4-1)11-15-12-14-9-5-2-6-10-14/h3,5,8,13-17,19-21H,2,4,6-7,9H2,1H3;1-10H,11-12H2/t13-,14-,15+,16-,17+,18+;/m1./s1. The third-order valence-corrected chi connectivity index (χ3v) is 8.91. The quantitative estimate of drug-likeness (QED) is 0.424. The summed E-state index contributed by atoms with van der Waals surface area (Å²) >= 11 is 0. The lowest BCUT2D eigenvalue weighted by Crippen LogP contribution is -2.44. The van der Waals surface area contributed by atoms with Crippen LogP contribution in [0.2, 0.25) is 0 Å². The van der Waals surface area contributed by atoms with Crippen LogP contribution in [-0.2, 0) is 24.4 Å². The summed E-state index contributed by atoms with van der Waals surface area (Å²) in [5, 5.41) is 30.2. The van der Waals surface area contributed by atoms with Gasteiger partial charge >= 0.3 is 0 Å². The molecule has 0 heterocycles. The molecule has 0 aromatic heterocycles. The molecule has 0 saturated heterocycles. The van der Waals surface area contributed by atoms with Crippen molar-refractivity contribution in [3.8, 4) is 5.75 Å². The average Bonchev–Trinajstić information content (AvgIpc) is 3.14. The SMILES string of the molecule is C[C@]12CC[C@@H]3c4ccc(O)cc4CC[C@H]3[C@@H]1C[C@@H](O)[C@@H]2O.c1ccc(COCc2ccccc2)cc1. The Hall–Kier alpha value is -2.66. The Kier molecular flexibility index (Phi) is 7.47. The number of rotatable bonds is 4. The molecule has 36 heavy (non-hydrogen) atoms. The number of ether oxygens (including phenoxy) is 1. The van der Waals surface area contributed by atoms with Gasteiger partial charge in [-0.1, -0.05) is 73.7 Å². The van der Waals surface area contributed by atoms with Crippen LogP contribution in [0.4, 0.5) is 0 Å². The molecule has 6 atom stereocenters. The zero-order valence-electron chi connectivity index (χ0n) is 21.1. The van der Waals surface area contributed by atoms with Gasteiger partial charge in [0.1, 0.15) is 5.75 Å². The monoisotopic (exact) mass is 486 g/mol. The largest absolute Gasteiger partial charge is 0.508 e. The van der Waals surface area contributed by atoms with Crippen LogP contribution in [0.25, 0.3) is 0 Å². The van der Waals surface area contributed by atoms with Crippen LogP contribution >= 0.6 is 0 Å². The summed E-state index contributed by atoms with van der Waals surface area (Å²) in [6.07, 6.45) is 3.80. The number of aromatic hydroxyl groups is 1. The minimum atomic E-state index is -0.565. The van der Waals surface area contributed by atoms with Gasteiger partial charge in [-0.25, -0.2) is 0 Å². The molecule has 0 amide bonds. The zero-order valence-corrected chi connectivity index (χ0v) is 21.1. The highest BCUT2D eigenvalue weighted by atomic mass is 16.5. The number of aliphatic hydroxyl groups is 2. The molecule has 4 heteroatoms. The van der Waals surface area contributed by atoms with Crippen molar-refractivity contribution >= 4 is 0 Å². The van der Waals surface area contributed by atoms with Crippen molar-refractivity contribution in [3.05, 3.63) is 101 Å². The Morgan fingerprint density at radius 3 is 2.14 bits per heavy atom. The minimum absolute atomic E-state index is 0.116. The maximum atomic E-state index is 10.4. The molecule has 3 N–H and O–H groups in total. The second-order valence-electron chi connectivity index (χ2n) is 11.1. The lowest BCUT2D eigenvalue weighted by molar-refractivity contribution is -0.0505. The number of hydrogen-bond donors (Lipinski definition) is 3. The first kappa shape index (κ1) is 25.0. The van der Waals surface area contributed by atoms with Gasteiger partial charge in [0.05, 0.1) is 25.4 Å². The van der Waals surface area contributed by atoms with Crippen LogP contribution in [-0.4, -0.2) is 27.5 Å². The van der Waals surface area contributed by atoms with Crippen molar-refractivity contribution in [2.75, 3.05) is 0 Å². The molecule has 190 valence electrons. The van der Waals surface area contributed by atoms with E-state index in [4.69, 9.17) is 4.74 Å². The second kappa shape index (κ2) is 10.8. The van der Waals surface area contributed by atoms with Crippen LogP contribution in [0.3, 0.4) is 0 Å². The Morgan fingerprint density at radius 2 is 1.50 bits per heavy atom. The molecule has 0 aliphatic heterocycles. The predicted molar refractivity (Wildman–Crippen MR) is 141 cm³/mol. The minimum Gasteiger partial charge on any atom is -0.508 e. The number of fused-ring (bicyclic) bond motifs is 5. The molecule has 2 saturated carbocycles. The van der Waals surface area contributed by atoms with Crippen molar-refractivity contribution in [2.24, 2.45) is 17.3 Å². The molecular formula is C32H38O4. The predicted octanol–water partition coefficient (Wildman–Crippen LogP) is 5.98. The number of benzene rings is 3. The second-order valence-corrected chi connectivity index (χ2v) is 11.1. The van der Waals surface area contributed by atoms with Gasteiger partial charge in [-0.15, -0.1) is 0 Å². The normalized spacial score (nSPS) is 30.4. The maximum absolute atomic E-state index is 10.4. The highest BCUT2D eigenvalue weighted by molar-refractivity contribution is 5.40. The van der Waals surface area contributed by atoms with Gasteiger partial charge in [0.2, 0.25) is 0 Å². The fourth-order valence-corrected chi connectivity index (χ4v) is 6.99. The fraction of sp³-hybridized carbons (Fsp3) is 0.438. The summed E-state index contributed by atoms with van der Waals surface area (Å²) in [5.74, 6) is 1.88. The van der Waals surface area contributed by atoms with E-state index in [1.54, 1.807) is 6.07 Å². The van der Waals surface area contributed by atoms with E-state index in [0.29, 0.717) is 36.7 Å². The number of aryl methyl sites for hydroxylation is 1. The van der Waals surface area contributed by atoms with Gasteiger partial charge in [0.15, 0.2) is 0 Å². The summed E-state index contributed by atoms with van der Waals surface area (Å²) < 4.78 is 5.61. The van der Waals surface area contributed by atoms with Crippen LogP contribution in [0.5, 0.6) is 5.75 Å². The summed E-state index contributed by atoms with van der Waals surface area (Å²) in [6, 6.07) is 26.2. The molecule has 3 aliphatic rings. The van der Waals surface area contributed by atoms with E-state index in [1.807, 2.05) is 42.5 Å². The fourth-order valence-electron chi connectivity index (χ4n) is 6.99. The average molecular weight is 487 g/mol. The van der Waals surface area contributed by atoms with E-state index in [-0.39, 0.29) is 5.41 Å². The Labute approximate surface area is 214 Å². The van der Waals surface area contributed by atoms with Crippen molar-refractivity contribution in [1.82, 2.24) is 0 Å². The molecule has 3 aromatic rings. The molecule has 0 radical (unpaired) electrons. The van der Waals surface area contributed by atoms with E-state index in [1.165, 1.54) is 22.3 Å². The molecule has 6 rings (SSSR count). The van der Waals surface area contributed by atoms with Crippen molar-refractivity contribution in [2.45, 2.75) is 70.4 Å². The molecular weight excluding hydrogens is 448 g/mol. The first-order valence-electron chi connectivity index (χ1n) is 13.3. The molecule has 4 nitrogen and oxygen atoms in total. The highest BCUT2D eigenvalue weighted by Gasteiger charge is 2.57. The number of hydrogen-bond acceptors (Lipinski definition) is 4. The third-order valence-electron chi connectivity index (χ3n) is 8.91. The van der Waals surface area contributed by atoms with Crippen molar-refractivity contribution in [3.63, 3.8) is 0 Å². The van der Waals surface area contributed by atoms with Gasteiger partial charge in [0, 0.05) is 0 Å². The number of phenolic OH excluding ortho intramolecular Hbond substituents is 1. The Balaban J connectivity index is 0.000000157. The topological polar surface area (TPSA) is 69.9 Å². The number of phenols is 1. The van der Waals surface area contributed by atoms with E-state index in [2.05, 4.69) is 37.3 Å². The number of aliphatic hydroxyl groups excluding tert-OH is 2. The lowest BCUT2D eigenvalue weighted by atomic mass is 9.55. The first-order valence-corrected chi connectivity index (χ1v) is 13.3. The molecule has 0 unspecified atom stereocenters. The van der Waals surface area contributed by atoms with Crippen LogP contribution in [0.15, 0.2) is 78.9 Å². The van der Waals surface area contributed by atoms with E-state index >= 15 is 0 Å². The summed E-state index contributed by atoms with van der Waals surface area (Å²) in [4.78, 5) is 0. The molecule has 3 aromatic carbocycles. The van der Waals surface area contributed by atoms with Gasteiger partial charge in [-0.2, -0.15) is 0 Å². The molecule has 2 fully saturated rings. The Morgan fingerprint density at radius 1 is 0.861 bits per heavy atom. The van der Waals surface area contributed by atoms with Crippen molar-refractivity contribution < 1.29 is 20.1 Å². The van der Waals surface area contributed by atoms with Gasteiger partial charge in [0.25, 0.3) is 0 Å². The van der Waals surface area contributed by atoms with Gasteiger partial charge in [-0.05, 0) is 89.7 Å². The summed E-state index contributed by atoms with van der Waals surface area (Å²) in [5.41, 5.74) is 5.00. The van der Waals surface area contributed by atoms with E-state index < -0.39 is 12.2 Å². The molecule has 3 aliphatic carbocycles. The first-order chi connectivity index (χ1) is 17.5. The zero-order chi connectivity index (χ0) is 25.1. The van der Waals surface area contributed by atoms with E-state index in [0.717, 1.165) is 32.1 Å². The maximum Gasteiger partial charge on any atom is 0.115 e. The van der Waals surface area contributed by atoms with E-state index in [9.17, 15) is 15.3 Å². The Bertz CT molecular complexity index is 1090. The molecule has 0 bridgehead atoms. The smallest absolute Gasteiger partial charge is 0.115 e. The van der Waals surface area contributed by atoms with Crippen LogP contribution < -0.4 is 0 Å². The van der Waals surface area contributed by atoms with Crippen LogP contribution in [0.1, 0.15) is 60.8 Å². The van der Waals surface area contributed by atoms with Crippen LogP contribution in [0, 0.1) is 17.3 Å². The molecule has 0 spiro atoms. The van der Waals surface area contributed by atoms with Crippen molar-refractivity contribution in [1.29, 1.82) is 0 Å². The third kappa shape index (κ3) is 5.08. The van der Waals surface area contributed by atoms with Gasteiger partial charge in [-0.3, -0.25) is 0 Å². The van der Waals surface area contributed by atoms with Gasteiger partial charge < -0.3 is 20.1 Å². The summed E-state index contributed by atoms with van der Waals surface area (Å²) in [7, 11) is 0. The highest BCUT2D eigenvalue weighted by Crippen LogP contribution is 2.60.